The molecule has 1 aromatic rings. The van der Waals surface area contributed by atoms with Crippen molar-refractivity contribution in [3.05, 3.63) is 28.8 Å². The first-order valence-corrected chi connectivity index (χ1v) is 7.39. The van der Waals surface area contributed by atoms with Crippen LogP contribution in [0, 0.1) is 26.2 Å². The molecule has 1 aromatic carbocycles. The largest absolute Gasteiger partial charge is 0.478 e. The summed E-state index contributed by atoms with van der Waals surface area (Å²) >= 11 is 0. The van der Waals surface area contributed by atoms with E-state index in [1.54, 1.807) is 19.9 Å². The summed E-state index contributed by atoms with van der Waals surface area (Å²) < 4.78 is 0. The zero-order valence-electron chi connectivity index (χ0n) is 13.2. The number of anilines is 1. The first kappa shape index (κ1) is 16.7. The Balaban J connectivity index is 1.95. The van der Waals surface area contributed by atoms with Gasteiger partial charge in [-0.05, 0) is 37.1 Å². The molecule has 0 fully saturated rings. The van der Waals surface area contributed by atoms with Gasteiger partial charge in [0.1, 0.15) is 0 Å². The maximum atomic E-state index is 12.1. The first-order valence-electron chi connectivity index (χ1n) is 7.39. The quantitative estimate of drug-likeness (QED) is 0.757. The molecule has 23 heavy (non-hydrogen) atoms. The number of carbonyl (C=O) groups excluding carboxylic acids is 1. The summed E-state index contributed by atoms with van der Waals surface area (Å²) in [5.41, 5.74) is 1.79. The lowest BCUT2D eigenvalue weighted by Crippen LogP contribution is -2.18. The minimum absolute atomic E-state index is 0.145. The molecule has 6 heteroatoms. The summed E-state index contributed by atoms with van der Waals surface area (Å²) in [5.74, 6) is 1.43. The molecular formula is C17H19N3O3. The number of nitrogens with one attached hydrogen (secondary N) is 1. The van der Waals surface area contributed by atoms with Gasteiger partial charge < -0.3 is 10.4 Å². The standard InChI is InChI=1S/C17H19N3O3/c1-4-5-9-17(19-20-17)10-8-15(21)18-14-7-6-13(16(22)23)11(2)12(14)3/h1,6-7H,5,8-10H2,2-3H3,(H,18,21)(H,22,23). The van der Waals surface area contributed by atoms with Crippen LogP contribution in [-0.2, 0) is 4.79 Å². The minimum atomic E-state index is -0.976. The zero-order chi connectivity index (χ0) is 17.0. The predicted octanol–water partition coefficient (Wildman–Crippen LogP) is 3.30. The molecule has 0 radical (unpaired) electrons. The molecule has 0 bridgehead atoms. The highest BCUT2D eigenvalue weighted by atomic mass is 16.4. The van der Waals surface area contributed by atoms with Crippen molar-refractivity contribution in [2.45, 2.75) is 45.2 Å². The van der Waals surface area contributed by atoms with Crippen LogP contribution < -0.4 is 5.32 Å². The Kier molecular flexibility index (Phi) is 4.80. The van der Waals surface area contributed by atoms with Crippen molar-refractivity contribution in [1.82, 2.24) is 0 Å². The lowest BCUT2D eigenvalue weighted by molar-refractivity contribution is -0.116. The van der Waals surface area contributed by atoms with Crippen LogP contribution >= 0.6 is 0 Å². The van der Waals surface area contributed by atoms with E-state index in [2.05, 4.69) is 21.5 Å². The van der Waals surface area contributed by atoms with Crippen LogP contribution in [0.4, 0.5) is 5.69 Å². The second-order valence-electron chi connectivity index (χ2n) is 5.65. The molecule has 1 heterocycles. The fourth-order valence-corrected chi connectivity index (χ4v) is 2.38. The van der Waals surface area contributed by atoms with Crippen LogP contribution in [0.15, 0.2) is 22.4 Å². The zero-order valence-corrected chi connectivity index (χ0v) is 13.2. The molecular weight excluding hydrogens is 294 g/mol. The van der Waals surface area contributed by atoms with Gasteiger partial charge >= 0.3 is 5.97 Å². The van der Waals surface area contributed by atoms with Gasteiger partial charge in [0, 0.05) is 31.4 Å². The molecule has 6 nitrogen and oxygen atoms in total. The normalized spacial score (nSPS) is 14.1. The van der Waals surface area contributed by atoms with Gasteiger partial charge in [0.15, 0.2) is 5.66 Å². The number of terminal acetylenes is 1. The topological polar surface area (TPSA) is 91.1 Å². The average molecular weight is 313 g/mol. The van der Waals surface area contributed by atoms with E-state index in [4.69, 9.17) is 11.5 Å². The van der Waals surface area contributed by atoms with E-state index < -0.39 is 11.6 Å². The summed E-state index contributed by atoms with van der Waals surface area (Å²) in [5, 5.41) is 19.9. The van der Waals surface area contributed by atoms with E-state index in [9.17, 15) is 9.59 Å². The van der Waals surface area contributed by atoms with Gasteiger partial charge in [-0.15, -0.1) is 12.3 Å². The molecule has 1 amide bonds. The maximum absolute atomic E-state index is 12.1. The van der Waals surface area contributed by atoms with Crippen molar-refractivity contribution in [2.24, 2.45) is 10.2 Å². The Morgan fingerprint density at radius 1 is 1.26 bits per heavy atom. The Morgan fingerprint density at radius 2 is 1.96 bits per heavy atom. The third-order valence-electron chi connectivity index (χ3n) is 4.10. The third kappa shape index (κ3) is 3.95. The molecule has 2 rings (SSSR count). The minimum Gasteiger partial charge on any atom is -0.478 e. The molecule has 0 spiro atoms. The average Bonchev–Trinajstić information content (AvgIpc) is 3.28. The van der Waals surface area contributed by atoms with E-state index in [0.29, 0.717) is 30.5 Å². The van der Waals surface area contributed by atoms with Gasteiger partial charge in [-0.1, -0.05) is 0 Å². The van der Waals surface area contributed by atoms with Crippen LogP contribution in [0.2, 0.25) is 0 Å². The van der Waals surface area contributed by atoms with Gasteiger partial charge in [-0.3, -0.25) is 4.79 Å². The Bertz CT molecular complexity index is 711. The monoisotopic (exact) mass is 313 g/mol. The fourth-order valence-electron chi connectivity index (χ4n) is 2.38. The highest BCUT2D eigenvalue weighted by molar-refractivity contribution is 5.94. The highest BCUT2D eigenvalue weighted by Gasteiger charge is 2.39. The number of carboxylic acid groups (broad SMARTS) is 1. The predicted molar refractivity (Wildman–Crippen MR) is 86.4 cm³/mol. The Labute approximate surface area is 135 Å². The van der Waals surface area contributed by atoms with Gasteiger partial charge in [0.05, 0.1) is 5.56 Å². The molecule has 0 atom stereocenters. The number of carboxylic acids is 1. The summed E-state index contributed by atoms with van der Waals surface area (Å²) in [6.07, 6.45) is 7.31. The number of hydrogen-bond donors (Lipinski definition) is 2. The summed E-state index contributed by atoms with van der Waals surface area (Å²) in [6.45, 7) is 3.52. The number of nitrogens with zero attached hydrogens (tertiary/aromatic N) is 2. The molecule has 0 aliphatic carbocycles. The van der Waals surface area contributed by atoms with E-state index in [1.807, 2.05) is 0 Å². The lowest BCUT2D eigenvalue weighted by atomic mass is 10.0. The van der Waals surface area contributed by atoms with Crippen molar-refractivity contribution in [3.63, 3.8) is 0 Å². The number of aromatic carboxylic acids is 1. The van der Waals surface area contributed by atoms with E-state index in [-0.39, 0.29) is 17.9 Å². The maximum Gasteiger partial charge on any atom is 0.335 e. The van der Waals surface area contributed by atoms with Crippen molar-refractivity contribution in [1.29, 1.82) is 0 Å². The second-order valence-corrected chi connectivity index (χ2v) is 5.65. The van der Waals surface area contributed by atoms with Crippen LogP contribution in [0.3, 0.4) is 0 Å². The molecule has 0 saturated carbocycles. The Hall–Kier alpha value is -2.68. The molecule has 0 aromatic heterocycles. The van der Waals surface area contributed by atoms with Crippen molar-refractivity contribution in [2.75, 3.05) is 5.32 Å². The van der Waals surface area contributed by atoms with Gasteiger partial charge in [0.25, 0.3) is 0 Å². The summed E-state index contributed by atoms with van der Waals surface area (Å²) in [7, 11) is 0. The highest BCUT2D eigenvalue weighted by Crippen LogP contribution is 2.37. The summed E-state index contributed by atoms with van der Waals surface area (Å²) in [6, 6.07) is 3.11. The number of benzene rings is 1. The van der Waals surface area contributed by atoms with Gasteiger partial charge in [-0.25, -0.2) is 4.79 Å². The van der Waals surface area contributed by atoms with Crippen molar-refractivity contribution in [3.8, 4) is 12.3 Å². The number of hydrogen-bond acceptors (Lipinski definition) is 4. The molecule has 0 saturated heterocycles. The van der Waals surface area contributed by atoms with Gasteiger partial charge in [-0.2, -0.15) is 10.2 Å². The molecule has 120 valence electrons. The first-order chi connectivity index (χ1) is 10.9. The molecule has 1 aliphatic heterocycles. The second kappa shape index (κ2) is 6.61. The number of carbonyl (C=O) groups is 2. The van der Waals surface area contributed by atoms with Gasteiger partial charge in [0.2, 0.25) is 5.91 Å². The van der Waals surface area contributed by atoms with E-state index in [0.717, 1.165) is 5.56 Å². The van der Waals surface area contributed by atoms with Crippen LogP contribution in [0.5, 0.6) is 0 Å². The van der Waals surface area contributed by atoms with Crippen LogP contribution in [0.1, 0.15) is 47.2 Å². The molecule has 0 unspecified atom stereocenters. The van der Waals surface area contributed by atoms with Crippen LogP contribution in [-0.4, -0.2) is 22.6 Å². The van der Waals surface area contributed by atoms with E-state index in [1.165, 1.54) is 6.07 Å². The van der Waals surface area contributed by atoms with E-state index >= 15 is 0 Å². The Morgan fingerprint density at radius 3 is 2.52 bits per heavy atom. The SMILES string of the molecule is C#CCCC1(CCC(=O)Nc2ccc(C(=O)O)c(C)c2C)N=N1. The third-order valence-corrected chi connectivity index (χ3v) is 4.10. The molecule has 2 N–H and O–H groups in total. The molecule has 1 aliphatic rings. The lowest BCUT2D eigenvalue weighted by Gasteiger charge is -2.13. The smallest absolute Gasteiger partial charge is 0.335 e. The van der Waals surface area contributed by atoms with Crippen LogP contribution in [0.25, 0.3) is 0 Å². The number of rotatable bonds is 7. The fraction of sp³-hybridized carbons (Fsp3) is 0.412. The number of amides is 1. The van der Waals surface area contributed by atoms with Crippen molar-refractivity contribution >= 4 is 17.6 Å². The summed E-state index contributed by atoms with van der Waals surface area (Å²) in [4.78, 5) is 23.2. The van der Waals surface area contributed by atoms with Crippen molar-refractivity contribution < 1.29 is 14.7 Å².